The molecule has 0 unspecified atom stereocenters. The van der Waals surface area contributed by atoms with Gasteiger partial charge in [-0.2, -0.15) is 0 Å². The van der Waals surface area contributed by atoms with Gasteiger partial charge in [0.1, 0.15) is 18.7 Å². The molecule has 1 aliphatic carbocycles. The highest BCUT2D eigenvalue weighted by molar-refractivity contribution is 14.1. The Morgan fingerprint density at radius 2 is 1.49 bits per heavy atom. The second kappa shape index (κ2) is 25.3. The summed E-state index contributed by atoms with van der Waals surface area (Å²) in [6.07, 6.45) is 0.538. The highest BCUT2D eigenvalue weighted by Gasteiger charge is 2.30. The van der Waals surface area contributed by atoms with Crippen molar-refractivity contribution in [3.05, 3.63) is 0 Å². The van der Waals surface area contributed by atoms with Crippen LogP contribution >= 0.6 is 22.9 Å². The molecule has 0 aliphatic heterocycles. The number of nitrogens with two attached hydrogens (primary N) is 1. The summed E-state index contributed by atoms with van der Waals surface area (Å²) in [6.45, 7) is 1.27. The number of ether oxygens (including phenoxy) is 2. The van der Waals surface area contributed by atoms with E-state index in [1.165, 1.54) is 0 Å². The minimum atomic E-state index is -1.71. The zero-order valence-electron chi connectivity index (χ0n) is 26.5. The minimum Gasteiger partial charge on any atom is -0.480 e. The van der Waals surface area contributed by atoms with Gasteiger partial charge in [0.2, 0.25) is 29.5 Å². The van der Waals surface area contributed by atoms with Gasteiger partial charge >= 0.3 is 5.97 Å². The van der Waals surface area contributed by atoms with Crippen molar-refractivity contribution in [2.45, 2.75) is 69.7 Å². The monoisotopic (exact) mass is 787 g/mol. The maximum atomic E-state index is 12.7. The second-order valence-corrected chi connectivity index (χ2v) is 11.8. The Morgan fingerprint density at radius 1 is 0.787 bits per heavy atom. The van der Waals surface area contributed by atoms with Crippen LogP contribution in [0.3, 0.4) is 0 Å². The number of hydrogen-bond acceptors (Lipinski definition) is 12. The average molecular weight is 788 g/mol. The van der Waals surface area contributed by atoms with Crippen LogP contribution < -0.4 is 35.8 Å². The minimum absolute atomic E-state index is 0.0505. The fourth-order valence-corrected chi connectivity index (χ4v) is 5.29. The van der Waals surface area contributed by atoms with Crippen molar-refractivity contribution in [3.63, 3.8) is 0 Å². The number of carbonyl (C=O) groups is 6. The van der Waals surface area contributed by atoms with Crippen LogP contribution in [0.25, 0.3) is 0 Å². The molecule has 0 aromatic carbocycles. The smallest absolute Gasteiger partial charge is 0.326 e. The first-order chi connectivity index (χ1) is 22.5. The number of aliphatic hydroxyl groups excluding tert-OH is 1. The summed E-state index contributed by atoms with van der Waals surface area (Å²) >= 11 is 2.08. The number of carbonyl (C=O) groups excluding carboxylic acids is 5. The largest absolute Gasteiger partial charge is 0.480 e. The standard InChI is InChI=1S/C28H50IN7O11/c29-34-15-18-1-3-19(4-2-18)26(42)36-21(28(44)45)5-7-22(37)35-20(6-8-25(40)41)27(43)32-11-12-46-13-14-47-17-24(39)33-16-23(38)31-10-9-30/h18-21,25,34,40-41H,1-17,30H2,(H,31,38)(H,32,43)(H,33,39)(H,35,37)(H,36,42)(H,44,45)/t18?,19?,20-,21-/m0/s1. The fraction of sp³-hybridized carbons (Fsp3) is 0.786. The zero-order chi connectivity index (χ0) is 35.0. The normalized spacial score (nSPS) is 17.3. The quantitative estimate of drug-likeness (QED) is 0.0192. The van der Waals surface area contributed by atoms with Crippen molar-refractivity contribution < 1.29 is 53.6 Å². The van der Waals surface area contributed by atoms with Gasteiger partial charge in [0, 0.05) is 67.8 Å². The molecule has 0 radical (unpaired) electrons. The third-order valence-electron chi connectivity index (χ3n) is 7.29. The molecule has 0 spiro atoms. The molecule has 19 heteroatoms. The number of aliphatic hydroxyl groups is 2. The Labute approximate surface area is 287 Å². The maximum Gasteiger partial charge on any atom is 0.326 e. The molecule has 18 nitrogen and oxygen atoms in total. The lowest BCUT2D eigenvalue weighted by atomic mass is 9.81. The van der Waals surface area contributed by atoms with Crippen LogP contribution in [0.2, 0.25) is 0 Å². The molecule has 5 amide bonds. The summed E-state index contributed by atoms with van der Waals surface area (Å²) in [6, 6.07) is -2.41. The first-order valence-corrected chi connectivity index (χ1v) is 16.7. The molecule has 1 saturated carbocycles. The van der Waals surface area contributed by atoms with Gasteiger partial charge in [-0.05, 0) is 44.4 Å². The summed E-state index contributed by atoms with van der Waals surface area (Å²) in [5, 5.41) is 40.6. The molecule has 1 rings (SSSR count). The predicted molar refractivity (Wildman–Crippen MR) is 175 cm³/mol. The van der Waals surface area contributed by atoms with Crippen molar-refractivity contribution >= 4 is 58.4 Å². The number of aliphatic carboxylic acids is 1. The topological polar surface area (TPSA) is 280 Å². The van der Waals surface area contributed by atoms with Crippen LogP contribution in [0.15, 0.2) is 0 Å². The van der Waals surface area contributed by atoms with E-state index in [9.17, 15) is 44.1 Å². The first kappa shape index (κ1) is 42.3. The lowest BCUT2D eigenvalue weighted by molar-refractivity contribution is -0.143. The van der Waals surface area contributed by atoms with Crippen molar-refractivity contribution in [2.24, 2.45) is 17.6 Å². The molecular formula is C28H50IN7O11. The summed E-state index contributed by atoms with van der Waals surface area (Å²) in [4.78, 5) is 72.9. The van der Waals surface area contributed by atoms with Crippen LogP contribution in [0.4, 0.5) is 0 Å². The van der Waals surface area contributed by atoms with Gasteiger partial charge in [0.25, 0.3) is 0 Å². The number of carboxylic acid groups (broad SMARTS) is 1. The molecule has 1 aliphatic rings. The SMILES string of the molecule is NCCNC(=O)CNC(=O)COCCOCCNC(=O)[C@H](CCC(O)O)NC(=O)CC[C@H](NC(=O)C1CCC(CNI)CC1)C(=O)O. The molecule has 11 N–H and O–H groups in total. The Kier molecular flexibility index (Phi) is 22.8. The molecule has 270 valence electrons. The van der Waals surface area contributed by atoms with Crippen LogP contribution in [-0.4, -0.2) is 128 Å². The van der Waals surface area contributed by atoms with Gasteiger partial charge in [-0.15, -0.1) is 0 Å². The maximum absolute atomic E-state index is 12.7. The molecule has 0 aromatic rings. The molecule has 1 fully saturated rings. The lowest BCUT2D eigenvalue weighted by Gasteiger charge is -2.28. The van der Waals surface area contributed by atoms with Gasteiger partial charge in [-0.1, -0.05) is 0 Å². The Morgan fingerprint density at radius 3 is 2.13 bits per heavy atom. The molecule has 0 heterocycles. The van der Waals surface area contributed by atoms with E-state index in [2.05, 4.69) is 53.0 Å². The summed E-state index contributed by atoms with van der Waals surface area (Å²) in [5.74, 6) is -3.55. The van der Waals surface area contributed by atoms with E-state index in [1.54, 1.807) is 0 Å². The number of amides is 5. The van der Waals surface area contributed by atoms with Crippen molar-refractivity contribution in [3.8, 4) is 0 Å². The average Bonchev–Trinajstić information content (AvgIpc) is 3.04. The number of hydrogen-bond donors (Lipinski definition) is 10. The third-order valence-corrected chi connectivity index (χ3v) is 7.73. The van der Waals surface area contributed by atoms with Crippen molar-refractivity contribution in [1.29, 1.82) is 0 Å². The number of nitrogens with one attached hydrogen (secondary N) is 6. The Bertz CT molecular complexity index is 984. The molecule has 47 heavy (non-hydrogen) atoms. The van der Waals surface area contributed by atoms with E-state index in [-0.39, 0.29) is 89.5 Å². The zero-order valence-corrected chi connectivity index (χ0v) is 28.6. The molecule has 2 atom stereocenters. The van der Waals surface area contributed by atoms with Crippen LogP contribution in [0, 0.1) is 11.8 Å². The van der Waals surface area contributed by atoms with Gasteiger partial charge in [0.15, 0.2) is 6.29 Å². The van der Waals surface area contributed by atoms with Gasteiger partial charge in [0.05, 0.1) is 26.4 Å². The van der Waals surface area contributed by atoms with Crippen LogP contribution in [0.5, 0.6) is 0 Å². The van der Waals surface area contributed by atoms with Gasteiger partial charge < -0.3 is 57.1 Å². The van der Waals surface area contributed by atoms with E-state index < -0.39 is 42.1 Å². The van der Waals surface area contributed by atoms with Crippen LogP contribution in [-0.2, 0) is 38.2 Å². The molecule has 0 bridgehead atoms. The number of halogens is 1. The summed E-state index contributed by atoms with van der Waals surface area (Å²) < 4.78 is 13.6. The number of carboxylic acids is 1. The Hall–Kier alpha value is -2.69. The fourth-order valence-electron chi connectivity index (χ4n) is 4.67. The van der Waals surface area contributed by atoms with E-state index in [0.29, 0.717) is 25.3 Å². The first-order valence-electron chi connectivity index (χ1n) is 15.7. The second-order valence-electron chi connectivity index (χ2n) is 11.0. The van der Waals surface area contributed by atoms with Crippen molar-refractivity contribution in [2.75, 3.05) is 59.2 Å². The molecular weight excluding hydrogens is 737 g/mol. The van der Waals surface area contributed by atoms with E-state index in [4.69, 9.17) is 15.2 Å². The lowest BCUT2D eigenvalue weighted by Crippen LogP contribution is -2.48. The Balaban J connectivity index is 2.39. The highest BCUT2D eigenvalue weighted by atomic mass is 127. The highest BCUT2D eigenvalue weighted by Crippen LogP contribution is 2.28. The van der Waals surface area contributed by atoms with E-state index in [0.717, 1.165) is 19.4 Å². The molecule has 0 saturated heterocycles. The van der Waals surface area contributed by atoms with Crippen molar-refractivity contribution in [1.82, 2.24) is 30.1 Å². The van der Waals surface area contributed by atoms with E-state index in [1.807, 2.05) is 0 Å². The molecule has 0 aromatic heterocycles. The predicted octanol–water partition coefficient (Wildman–Crippen LogP) is -3.00. The summed E-state index contributed by atoms with van der Waals surface area (Å²) in [5.41, 5.74) is 5.27. The summed E-state index contributed by atoms with van der Waals surface area (Å²) in [7, 11) is 0. The van der Waals surface area contributed by atoms with Gasteiger partial charge in [-0.3, -0.25) is 27.5 Å². The van der Waals surface area contributed by atoms with Gasteiger partial charge in [-0.25, -0.2) is 4.79 Å². The number of rotatable bonds is 25. The van der Waals surface area contributed by atoms with Crippen LogP contribution in [0.1, 0.15) is 51.4 Å². The third kappa shape index (κ3) is 20.3. The van der Waals surface area contributed by atoms with E-state index >= 15 is 0 Å².